The lowest BCUT2D eigenvalue weighted by atomic mass is 10.2. The van der Waals surface area contributed by atoms with Crippen LogP contribution in [-0.4, -0.2) is 29.0 Å². The first-order valence-electron chi connectivity index (χ1n) is 8.27. The Kier molecular flexibility index (Phi) is 5.33. The summed E-state index contributed by atoms with van der Waals surface area (Å²) in [6, 6.07) is 13.2. The zero-order valence-corrected chi connectivity index (χ0v) is 16.5. The molecule has 0 saturated carbocycles. The van der Waals surface area contributed by atoms with Gasteiger partial charge in [-0.1, -0.05) is 23.7 Å². The standard InChI is InChI=1S/C19H15ClN4OS2/c20-12-5-6-13-14(11-12)23-18(15-3-1-9-26-15)24-17(13)21-7-8-22-19(25)16-4-2-10-27-16/h1-6,9-11H,7-8H2,(H,22,25)(H,21,23,24). The van der Waals surface area contributed by atoms with Crippen molar-refractivity contribution in [3.05, 3.63) is 63.1 Å². The summed E-state index contributed by atoms with van der Waals surface area (Å²) in [5.74, 6) is 1.32. The van der Waals surface area contributed by atoms with Crippen molar-refractivity contribution in [2.75, 3.05) is 18.4 Å². The third-order valence-electron chi connectivity index (χ3n) is 3.85. The molecule has 0 atom stereocenters. The summed E-state index contributed by atoms with van der Waals surface area (Å²) >= 11 is 9.15. The Labute approximate surface area is 169 Å². The molecule has 4 aromatic rings. The lowest BCUT2D eigenvalue weighted by Crippen LogP contribution is -2.28. The lowest BCUT2D eigenvalue weighted by Gasteiger charge is -2.11. The minimum Gasteiger partial charge on any atom is -0.368 e. The molecule has 3 aromatic heterocycles. The lowest BCUT2D eigenvalue weighted by molar-refractivity contribution is 0.0959. The number of carbonyl (C=O) groups excluding carboxylic acids is 1. The second-order valence-electron chi connectivity index (χ2n) is 5.69. The van der Waals surface area contributed by atoms with Crippen LogP contribution in [0.3, 0.4) is 0 Å². The van der Waals surface area contributed by atoms with Crippen LogP contribution in [0.5, 0.6) is 0 Å². The third kappa shape index (κ3) is 4.10. The zero-order valence-electron chi connectivity index (χ0n) is 14.1. The first-order valence-corrected chi connectivity index (χ1v) is 10.4. The fourth-order valence-electron chi connectivity index (χ4n) is 2.61. The fourth-order valence-corrected chi connectivity index (χ4v) is 4.07. The molecule has 27 heavy (non-hydrogen) atoms. The van der Waals surface area contributed by atoms with E-state index in [4.69, 9.17) is 11.6 Å². The SMILES string of the molecule is O=C(NCCNc1nc(-c2cccs2)nc2cc(Cl)ccc12)c1cccs1. The summed E-state index contributed by atoms with van der Waals surface area (Å²) in [5.41, 5.74) is 0.783. The number of thiophene rings is 2. The van der Waals surface area contributed by atoms with Crippen LogP contribution in [0.1, 0.15) is 9.67 Å². The van der Waals surface area contributed by atoms with Gasteiger partial charge in [-0.25, -0.2) is 9.97 Å². The van der Waals surface area contributed by atoms with Crippen LogP contribution in [-0.2, 0) is 0 Å². The number of benzene rings is 1. The number of carbonyl (C=O) groups is 1. The van der Waals surface area contributed by atoms with E-state index in [1.165, 1.54) is 11.3 Å². The van der Waals surface area contributed by atoms with Crippen LogP contribution < -0.4 is 10.6 Å². The Morgan fingerprint density at radius 1 is 1.04 bits per heavy atom. The van der Waals surface area contributed by atoms with E-state index in [-0.39, 0.29) is 5.91 Å². The molecular formula is C19H15ClN4OS2. The van der Waals surface area contributed by atoms with E-state index in [0.29, 0.717) is 28.8 Å². The van der Waals surface area contributed by atoms with Gasteiger partial charge in [0.15, 0.2) is 5.82 Å². The van der Waals surface area contributed by atoms with Gasteiger partial charge in [-0.05, 0) is 41.1 Å². The van der Waals surface area contributed by atoms with Gasteiger partial charge in [0.25, 0.3) is 5.91 Å². The van der Waals surface area contributed by atoms with Gasteiger partial charge >= 0.3 is 0 Å². The highest BCUT2D eigenvalue weighted by atomic mass is 35.5. The van der Waals surface area contributed by atoms with Gasteiger partial charge in [-0.15, -0.1) is 22.7 Å². The molecule has 2 N–H and O–H groups in total. The third-order valence-corrected chi connectivity index (χ3v) is 5.82. The normalized spacial score (nSPS) is 10.9. The number of rotatable bonds is 6. The number of hydrogen-bond donors (Lipinski definition) is 2. The molecule has 0 bridgehead atoms. The first kappa shape index (κ1) is 17.9. The van der Waals surface area contributed by atoms with Crippen molar-refractivity contribution in [2.24, 2.45) is 0 Å². The monoisotopic (exact) mass is 414 g/mol. The summed E-state index contributed by atoms with van der Waals surface area (Å²) in [5, 5.41) is 11.6. The van der Waals surface area contributed by atoms with Crippen LogP contribution in [0, 0.1) is 0 Å². The van der Waals surface area contributed by atoms with Crippen molar-refractivity contribution in [1.29, 1.82) is 0 Å². The van der Waals surface area contributed by atoms with E-state index in [2.05, 4.69) is 20.6 Å². The number of nitrogens with zero attached hydrogens (tertiary/aromatic N) is 2. The molecule has 1 aromatic carbocycles. The summed E-state index contributed by atoms with van der Waals surface area (Å²) in [7, 11) is 0. The Morgan fingerprint density at radius 2 is 1.89 bits per heavy atom. The predicted octanol–water partition coefficient (Wildman–Crippen LogP) is 4.92. The maximum atomic E-state index is 12.0. The topological polar surface area (TPSA) is 66.9 Å². The Morgan fingerprint density at radius 3 is 2.67 bits per heavy atom. The molecule has 0 aliphatic rings. The molecule has 0 unspecified atom stereocenters. The van der Waals surface area contributed by atoms with E-state index < -0.39 is 0 Å². The smallest absolute Gasteiger partial charge is 0.261 e. The van der Waals surface area contributed by atoms with E-state index in [0.717, 1.165) is 21.6 Å². The minimum atomic E-state index is -0.0644. The van der Waals surface area contributed by atoms with Gasteiger partial charge in [-0.2, -0.15) is 0 Å². The maximum absolute atomic E-state index is 12.0. The molecule has 0 fully saturated rings. The van der Waals surface area contributed by atoms with Gasteiger partial charge < -0.3 is 10.6 Å². The highest BCUT2D eigenvalue weighted by Gasteiger charge is 2.11. The second-order valence-corrected chi connectivity index (χ2v) is 8.03. The number of fused-ring (bicyclic) bond motifs is 1. The van der Waals surface area contributed by atoms with Crippen LogP contribution in [0.4, 0.5) is 5.82 Å². The van der Waals surface area contributed by atoms with Crippen molar-refractivity contribution >= 4 is 56.9 Å². The van der Waals surface area contributed by atoms with E-state index in [9.17, 15) is 4.79 Å². The summed E-state index contributed by atoms with van der Waals surface area (Å²) in [6.07, 6.45) is 0. The number of hydrogen-bond acceptors (Lipinski definition) is 6. The Bertz CT molecular complexity index is 1060. The molecule has 8 heteroatoms. The highest BCUT2D eigenvalue weighted by molar-refractivity contribution is 7.13. The van der Waals surface area contributed by atoms with Gasteiger partial charge in [-0.3, -0.25) is 4.79 Å². The van der Waals surface area contributed by atoms with Crippen LogP contribution in [0.15, 0.2) is 53.2 Å². The molecular weight excluding hydrogens is 400 g/mol. The predicted molar refractivity (Wildman–Crippen MR) is 113 cm³/mol. The number of aromatic nitrogens is 2. The molecule has 0 radical (unpaired) electrons. The fraction of sp³-hybridized carbons (Fsp3) is 0.105. The van der Waals surface area contributed by atoms with Crippen molar-refractivity contribution in [3.8, 4) is 10.7 Å². The number of halogens is 1. The molecule has 136 valence electrons. The van der Waals surface area contributed by atoms with Crippen molar-refractivity contribution in [3.63, 3.8) is 0 Å². The molecule has 0 spiro atoms. The molecule has 0 aliphatic heterocycles. The Hall–Kier alpha value is -2.48. The summed E-state index contributed by atoms with van der Waals surface area (Å²) in [4.78, 5) is 23.0. The van der Waals surface area contributed by atoms with Crippen LogP contribution >= 0.6 is 34.3 Å². The Balaban J connectivity index is 1.52. The molecule has 0 saturated heterocycles. The second kappa shape index (κ2) is 8.04. The van der Waals surface area contributed by atoms with Gasteiger partial charge in [0.05, 0.1) is 15.3 Å². The molecule has 3 heterocycles. The first-order chi connectivity index (χ1) is 13.2. The van der Waals surface area contributed by atoms with E-state index >= 15 is 0 Å². The average Bonchev–Trinajstić information content (AvgIpc) is 3.38. The van der Waals surface area contributed by atoms with Crippen molar-refractivity contribution in [2.45, 2.75) is 0 Å². The highest BCUT2D eigenvalue weighted by Crippen LogP contribution is 2.28. The van der Waals surface area contributed by atoms with Gasteiger partial charge in [0.2, 0.25) is 0 Å². The largest absolute Gasteiger partial charge is 0.368 e. The summed E-state index contributed by atoms with van der Waals surface area (Å²) < 4.78 is 0. The van der Waals surface area contributed by atoms with Crippen molar-refractivity contribution in [1.82, 2.24) is 15.3 Å². The quantitative estimate of drug-likeness (QED) is 0.439. The zero-order chi connectivity index (χ0) is 18.6. The van der Waals surface area contributed by atoms with Gasteiger partial charge in [0.1, 0.15) is 5.82 Å². The van der Waals surface area contributed by atoms with E-state index in [1.54, 1.807) is 11.3 Å². The molecule has 4 rings (SSSR count). The maximum Gasteiger partial charge on any atom is 0.261 e. The minimum absolute atomic E-state index is 0.0644. The van der Waals surface area contributed by atoms with Crippen molar-refractivity contribution < 1.29 is 4.79 Å². The molecule has 5 nitrogen and oxygen atoms in total. The number of anilines is 1. The van der Waals surface area contributed by atoms with Crippen LogP contribution in [0.2, 0.25) is 5.02 Å². The van der Waals surface area contributed by atoms with Crippen LogP contribution in [0.25, 0.3) is 21.6 Å². The van der Waals surface area contributed by atoms with E-state index in [1.807, 2.05) is 53.2 Å². The summed E-state index contributed by atoms with van der Waals surface area (Å²) in [6.45, 7) is 1.04. The number of amides is 1. The average molecular weight is 415 g/mol. The van der Waals surface area contributed by atoms with Gasteiger partial charge in [0, 0.05) is 23.5 Å². The molecule has 1 amide bonds. The molecule has 0 aliphatic carbocycles. The number of nitrogens with one attached hydrogen (secondary N) is 2.